The number of hydrogen-bond acceptors (Lipinski definition) is 3. The van der Waals surface area contributed by atoms with Crippen LogP contribution in [0.1, 0.15) is 36.0 Å². The van der Waals surface area contributed by atoms with Crippen molar-refractivity contribution in [1.82, 2.24) is 15.5 Å². The van der Waals surface area contributed by atoms with Crippen LogP contribution in [0.5, 0.6) is 0 Å². The summed E-state index contributed by atoms with van der Waals surface area (Å²) in [4.78, 5) is 40.2. The first-order valence-corrected chi connectivity index (χ1v) is 10.9. The minimum Gasteiger partial charge on any atom is -0.336 e. The summed E-state index contributed by atoms with van der Waals surface area (Å²) in [5.41, 5.74) is 4.28. The third-order valence-electron chi connectivity index (χ3n) is 5.91. The van der Waals surface area contributed by atoms with E-state index in [1.165, 1.54) is 11.1 Å². The van der Waals surface area contributed by atoms with Crippen molar-refractivity contribution in [2.75, 3.05) is 24.5 Å². The number of hydrogen-bond donors (Lipinski definition) is 2. The van der Waals surface area contributed by atoms with E-state index < -0.39 is 0 Å². The molecule has 7 nitrogen and oxygen atoms in total. The second-order valence-corrected chi connectivity index (χ2v) is 8.04. The Morgan fingerprint density at radius 2 is 1.65 bits per heavy atom. The number of amides is 4. The number of fused-ring (bicyclic) bond motifs is 1. The molecule has 0 unspecified atom stereocenters. The van der Waals surface area contributed by atoms with Crippen LogP contribution in [0, 0.1) is 0 Å². The Labute approximate surface area is 182 Å². The second-order valence-electron chi connectivity index (χ2n) is 8.04. The summed E-state index contributed by atoms with van der Waals surface area (Å²) < 4.78 is 0. The summed E-state index contributed by atoms with van der Waals surface area (Å²) in [5, 5.41) is 5.43. The summed E-state index contributed by atoms with van der Waals surface area (Å²) in [6.45, 7) is 2.35. The summed E-state index contributed by atoms with van der Waals surface area (Å²) in [6, 6.07) is 15.4. The minimum atomic E-state index is -0.374. The molecule has 2 heterocycles. The molecule has 7 heteroatoms. The van der Waals surface area contributed by atoms with Crippen LogP contribution in [0.15, 0.2) is 48.5 Å². The molecule has 0 aromatic heterocycles. The molecule has 0 aliphatic carbocycles. The summed E-state index contributed by atoms with van der Waals surface area (Å²) in [7, 11) is 0. The van der Waals surface area contributed by atoms with E-state index in [4.69, 9.17) is 0 Å². The maximum absolute atomic E-state index is 12.5. The van der Waals surface area contributed by atoms with Crippen LogP contribution in [0.25, 0.3) is 0 Å². The molecule has 31 heavy (non-hydrogen) atoms. The van der Waals surface area contributed by atoms with Gasteiger partial charge in [0.25, 0.3) is 0 Å². The Hall–Kier alpha value is -3.35. The number of benzene rings is 2. The average molecular weight is 421 g/mol. The Kier molecular flexibility index (Phi) is 6.50. The van der Waals surface area contributed by atoms with Crippen molar-refractivity contribution in [3.8, 4) is 0 Å². The summed E-state index contributed by atoms with van der Waals surface area (Å²) >= 11 is 0. The number of piperidine rings is 1. The van der Waals surface area contributed by atoms with Crippen molar-refractivity contribution < 1.29 is 14.4 Å². The number of urea groups is 1. The maximum Gasteiger partial charge on any atom is 0.315 e. The molecule has 2 aliphatic rings. The normalized spacial score (nSPS) is 15.9. The van der Waals surface area contributed by atoms with Crippen LogP contribution in [-0.2, 0) is 29.1 Å². The fourth-order valence-electron chi connectivity index (χ4n) is 4.09. The molecule has 0 saturated carbocycles. The van der Waals surface area contributed by atoms with Gasteiger partial charge in [0.2, 0.25) is 11.8 Å². The van der Waals surface area contributed by atoms with Crippen molar-refractivity contribution in [1.29, 1.82) is 0 Å². The number of nitrogens with one attached hydrogen (secondary N) is 2. The third kappa shape index (κ3) is 5.23. The fourth-order valence-corrected chi connectivity index (χ4v) is 4.09. The van der Waals surface area contributed by atoms with E-state index in [0.29, 0.717) is 26.1 Å². The Balaban J connectivity index is 1.21. The van der Waals surface area contributed by atoms with E-state index in [0.717, 1.165) is 37.1 Å². The van der Waals surface area contributed by atoms with E-state index in [-0.39, 0.29) is 24.4 Å². The third-order valence-corrected chi connectivity index (χ3v) is 5.91. The van der Waals surface area contributed by atoms with Crippen molar-refractivity contribution in [2.45, 2.75) is 38.8 Å². The Bertz CT molecular complexity index is 958. The lowest BCUT2D eigenvalue weighted by atomic mass is 10.00. The van der Waals surface area contributed by atoms with Crippen LogP contribution in [-0.4, -0.2) is 42.4 Å². The SMILES string of the molecule is O=C(NCC(=O)N1CCc2ccccc2C1)NCc1ccc(N2CCCCC2=O)cc1. The number of carbonyl (C=O) groups is 3. The van der Waals surface area contributed by atoms with Crippen molar-refractivity contribution in [2.24, 2.45) is 0 Å². The molecule has 0 atom stereocenters. The zero-order valence-electron chi connectivity index (χ0n) is 17.6. The van der Waals surface area contributed by atoms with Gasteiger partial charge in [-0.15, -0.1) is 0 Å². The molecule has 2 aromatic carbocycles. The van der Waals surface area contributed by atoms with Crippen LogP contribution in [0.2, 0.25) is 0 Å². The van der Waals surface area contributed by atoms with Gasteiger partial charge in [0.05, 0.1) is 6.54 Å². The van der Waals surface area contributed by atoms with Gasteiger partial charge in [0, 0.05) is 38.3 Å². The highest BCUT2D eigenvalue weighted by molar-refractivity contribution is 5.94. The monoisotopic (exact) mass is 420 g/mol. The molecule has 1 saturated heterocycles. The molecule has 2 aliphatic heterocycles. The lowest BCUT2D eigenvalue weighted by molar-refractivity contribution is -0.131. The molecule has 4 rings (SSSR count). The van der Waals surface area contributed by atoms with Crippen molar-refractivity contribution in [3.05, 3.63) is 65.2 Å². The number of carbonyl (C=O) groups excluding carboxylic acids is 3. The van der Waals surface area contributed by atoms with Crippen LogP contribution in [0.4, 0.5) is 10.5 Å². The molecular formula is C24H28N4O3. The van der Waals surface area contributed by atoms with Gasteiger partial charge in [-0.3, -0.25) is 9.59 Å². The smallest absolute Gasteiger partial charge is 0.315 e. The second kappa shape index (κ2) is 9.64. The summed E-state index contributed by atoms with van der Waals surface area (Å²) in [6.07, 6.45) is 3.43. The molecule has 1 fully saturated rings. The van der Waals surface area contributed by atoms with Crippen LogP contribution >= 0.6 is 0 Å². The van der Waals surface area contributed by atoms with Crippen LogP contribution < -0.4 is 15.5 Å². The maximum atomic E-state index is 12.5. The molecule has 2 N–H and O–H groups in total. The van der Waals surface area contributed by atoms with Gasteiger partial charge in [-0.05, 0) is 48.1 Å². The van der Waals surface area contributed by atoms with Gasteiger partial charge < -0.3 is 20.4 Å². The first kappa shape index (κ1) is 20.9. The lowest BCUT2D eigenvalue weighted by Gasteiger charge is -2.29. The molecule has 0 spiro atoms. The van der Waals surface area contributed by atoms with E-state index in [1.54, 1.807) is 4.90 Å². The standard InChI is InChI=1S/C24H28N4O3/c29-22-7-3-4-13-28(22)21-10-8-18(9-11-21)15-25-24(31)26-16-23(30)27-14-12-19-5-1-2-6-20(19)17-27/h1-2,5-6,8-11H,3-4,7,12-17H2,(H2,25,26,31). The molecule has 4 amide bonds. The predicted molar refractivity (Wildman–Crippen MR) is 118 cm³/mol. The number of anilines is 1. The Morgan fingerprint density at radius 3 is 2.42 bits per heavy atom. The quantitative estimate of drug-likeness (QED) is 0.780. The van der Waals surface area contributed by atoms with Crippen molar-refractivity contribution in [3.63, 3.8) is 0 Å². The first-order valence-electron chi connectivity index (χ1n) is 10.9. The Morgan fingerprint density at radius 1 is 0.871 bits per heavy atom. The zero-order valence-corrected chi connectivity index (χ0v) is 17.6. The number of nitrogens with zero attached hydrogens (tertiary/aromatic N) is 2. The van der Waals surface area contributed by atoms with Gasteiger partial charge >= 0.3 is 6.03 Å². The molecule has 0 radical (unpaired) electrons. The zero-order chi connectivity index (χ0) is 21.6. The largest absolute Gasteiger partial charge is 0.336 e. The highest BCUT2D eigenvalue weighted by atomic mass is 16.2. The predicted octanol–water partition coefficient (Wildman–Crippen LogP) is 2.59. The van der Waals surface area contributed by atoms with Gasteiger partial charge in [0.1, 0.15) is 0 Å². The van der Waals surface area contributed by atoms with E-state index in [9.17, 15) is 14.4 Å². The van der Waals surface area contributed by atoms with E-state index >= 15 is 0 Å². The van der Waals surface area contributed by atoms with Gasteiger partial charge in [-0.1, -0.05) is 36.4 Å². The first-order chi connectivity index (χ1) is 15.1. The number of rotatable bonds is 5. The molecule has 0 bridgehead atoms. The highest BCUT2D eigenvalue weighted by Gasteiger charge is 2.21. The van der Waals surface area contributed by atoms with Gasteiger partial charge in [-0.25, -0.2) is 4.79 Å². The van der Waals surface area contributed by atoms with Gasteiger partial charge in [-0.2, -0.15) is 0 Å². The van der Waals surface area contributed by atoms with Crippen LogP contribution in [0.3, 0.4) is 0 Å². The minimum absolute atomic E-state index is 0.0238. The molecular weight excluding hydrogens is 392 g/mol. The molecule has 2 aromatic rings. The van der Waals surface area contributed by atoms with E-state index in [1.807, 2.05) is 47.4 Å². The van der Waals surface area contributed by atoms with Gasteiger partial charge in [0.15, 0.2) is 0 Å². The van der Waals surface area contributed by atoms with E-state index in [2.05, 4.69) is 16.7 Å². The summed E-state index contributed by atoms with van der Waals surface area (Å²) in [5.74, 6) is 0.0820. The average Bonchev–Trinajstić information content (AvgIpc) is 2.81. The van der Waals surface area contributed by atoms with Crippen molar-refractivity contribution >= 4 is 23.5 Å². The fraction of sp³-hybridized carbons (Fsp3) is 0.375. The lowest BCUT2D eigenvalue weighted by Crippen LogP contribution is -2.45. The highest BCUT2D eigenvalue weighted by Crippen LogP contribution is 2.21. The topological polar surface area (TPSA) is 81.8 Å². The molecule has 162 valence electrons.